The fraction of sp³-hybridized carbons (Fsp3) is 0.217. The normalized spacial score (nSPS) is 14.4. The summed E-state index contributed by atoms with van der Waals surface area (Å²) in [5, 5.41) is 21.8. The average molecular weight is 343 g/mol. The summed E-state index contributed by atoms with van der Waals surface area (Å²) in [5.41, 5.74) is 2.18. The first-order valence-corrected chi connectivity index (χ1v) is 8.58. The molecule has 3 aromatic carbocycles. The lowest BCUT2D eigenvalue weighted by atomic mass is 9.68. The Morgan fingerprint density at radius 3 is 2.19 bits per heavy atom. The Hall–Kier alpha value is -3.12. The van der Waals surface area contributed by atoms with Crippen LogP contribution < -0.4 is 0 Å². The average Bonchev–Trinajstić information content (AvgIpc) is 2.64. The van der Waals surface area contributed by atoms with Gasteiger partial charge in [0.1, 0.15) is 0 Å². The van der Waals surface area contributed by atoms with Gasteiger partial charge >= 0.3 is 5.97 Å². The van der Waals surface area contributed by atoms with Gasteiger partial charge in [0.2, 0.25) is 0 Å². The molecular formula is C23H21NO2. The molecule has 2 unspecified atom stereocenters. The van der Waals surface area contributed by atoms with E-state index in [1.165, 1.54) is 6.92 Å². The molecule has 26 heavy (non-hydrogen) atoms. The number of carbonyl (C=O) groups is 1. The molecule has 130 valence electrons. The van der Waals surface area contributed by atoms with Gasteiger partial charge in [-0.2, -0.15) is 5.26 Å². The monoisotopic (exact) mass is 343 g/mol. The number of benzene rings is 3. The van der Waals surface area contributed by atoms with E-state index in [1.807, 2.05) is 74.5 Å². The Morgan fingerprint density at radius 2 is 1.58 bits per heavy atom. The standard InChI is InChI=1S/C23H21NO2/c1-15-8-6-9-16(2)20(15)21(23(3,14-24)22(25)26)19-13-7-11-17-10-4-5-12-18(17)19/h4-13,21H,1-3H3,(H,25,26). The molecular weight excluding hydrogens is 322 g/mol. The number of nitriles is 1. The Balaban J connectivity index is 2.43. The number of aliphatic carboxylic acids is 1. The Labute approximate surface area is 153 Å². The zero-order valence-electron chi connectivity index (χ0n) is 15.2. The van der Waals surface area contributed by atoms with Crippen LogP contribution in [0.1, 0.15) is 35.1 Å². The van der Waals surface area contributed by atoms with Crippen LogP contribution >= 0.6 is 0 Å². The van der Waals surface area contributed by atoms with Crippen molar-refractivity contribution in [3.63, 3.8) is 0 Å². The molecule has 0 aliphatic carbocycles. The molecule has 0 radical (unpaired) electrons. The van der Waals surface area contributed by atoms with E-state index < -0.39 is 17.3 Å². The van der Waals surface area contributed by atoms with E-state index >= 15 is 0 Å². The molecule has 0 heterocycles. The third-order valence-electron chi connectivity index (χ3n) is 5.22. The summed E-state index contributed by atoms with van der Waals surface area (Å²) in [6.07, 6.45) is 0. The molecule has 0 bridgehead atoms. The van der Waals surface area contributed by atoms with Gasteiger partial charge in [-0.3, -0.25) is 4.79 Å². The van der Waals surface area contributed by atoms with Crippen LogP contribution in [0.3, 0.4) is 0 Å². The molecule has 0 spiro atoms. The molecule has 0 aromatic heterocycles. The highest BCUT2D eigenvalue weighted by Crippen LogP contribution is 2.45. The predicted molar refractivity (Wildman–Crippen MR) is 103 cm³/mol. The number of hydrogen-bond acceptors (Lipinski definition) is 2. The van der Waals surface area contributed by atoms with Crippen molar-refractivity contribution < 1.29 is 9.90 Å². The maximum absolute atomic E-state index is 12.2. The lowest BCUT2D eigenvalue weighted by Crippen LogP contribution is -2.34. The minimum absolute atomic E-state index is 0.572. The fourth-order valence-corrected chi connectivity index (χ4v) is 3.78. The summed E-state index contributed by atoms with van der Waals surface area (Å²) in [6.45, 7) is 5.47. The van der Waals surface area contributed by atoms with Crippen molar-refractivity contribution in [1.82, 2.24) is 0 Å². The Kier molecular flexibility index (Phi) is 4.52. The van der Waals surface area contributed by atoms with Gasteiger partial charge < -0.3 is 5.11 Å². The van der Waals surface area contributed by atoms with E-state index in [0.717, 1.165) is 33.0 Å². The second-order valence-electron chi connectivity index (χ2n) is 6.93. The second-order valence-corrected chi connectivity index (χ2v) is 6.93. The molecule has 3 heteroatoms. The molecule has 0 aliphatic rings. The first-order chi connectivity index (χ1) is 12.4. The maximum atomic E-state index is 12.2. The third-order valence-corrected chi connectivity index (χ3v) is 5.22. The van der Waals surface area contributed by atoms with E-state index in [1.54, 1.807) is 0 Å². The smallest absolute Gasteiger partial charge is 0.324 e. The van der Waals surface area contributed by atoms with E-state index in [0.29, 0.717) is 0 Å². The maximum Gasteiger partial charge on any atom is 0.324 e. The minimum Gasteiger partial charge on any atom is -0.480 e. The SMILES string of the molecule is Cc1cccc(C)c1C(c1cccc2ccccc12)C(C)(C#N)C(=O)O. The van der Waals surface area contributed by atoms with Crippen molar-refractivity contribution in [3.8, 4) is 6.07 Å². The number of rotatable bonds is 4. The second kappa shape index (κ2) is 6.65. The number of hydrogen-bond donors (Lipinski definition) is 1. The van der Waals surface area contributed by atoms with Crippen LogP contribution in [0.4, 0.5) is 0 Å². The number of nitrogens with zero attached hydrogens (tertiary/aromatic N) is 1. The quantitative estimate of drug-likeness (QED) is 0.708. The van der Waals surface area contributed by atoms with Crippen molar-refractivity contribution in [1.29, 1.82) is 5.26 Å². The Bertz CT molecular complexity index is 1010. The summed E-state index contributed by atoms with van der Waals surface area (Å²) < 4.78 is 0. The zero-order chi connectivity index (χ0) is 18.9. The summed E-state index contributed by atoms with van der Waals surface area (Å²) in [4.78, 5) is 12.2. The third kappa shape index (κ3) is 2.74. The molecule has 2 atom stereocenters. The molecule has 3 rings (SSSR count). The van der Waals surface area contributed by atoms with Gasteiger partial charge in [0.05, 0.1) is 6.07 Å². The van der Waals surface area contributed by atoms with Crippen molar-refractivity contribution >= 4 is 16.7 Å². The van der Waals surface area contributed by atoms with Crippen molar-refractivity contribution in [2.45, 2.75) is 26.7 Å². The molecule has 0 amide bonds. The highest BCUT2D eigenvalue weighted by Gasteiger charge is 2.45. The van der Waals surface area contributed by atoms with Crippen LogP contribution in [-0.4, -0.2) is 11.1 Å². The Morgan fingerprint density at radius 1 is 1.00 bits per heavy atom. The highest BCUT2D eigenvalue weighted by atomic mass is 16.4. The topological polar surface area (TPSA) is 61.1 Å². The van der Waals surface area contributed by atoms with Crippen LogP contribution in [0.2, 0.25) is 0 Å². The van der Waals surface area contributed by atoms with Gasteiger partial charge in [0.25, 0.3) is 0 Å². The summed E-state index contributed by atoms with van der Waals surface area (Å²) in [5.74, 6) is -1.68. The predicted octanol–water partition coefficient (Wildman–Crippen LogP) is 5.20. The molecule has 0 aliphatic heterocycles. The summed E-state index contributed by atoms with van der Waals surface area (Å²) >= 11 is 0. The number of carboxylic acid groups (broad SMARTS) is 1. The van der Waals surface area contributed by atoms with Crippen molar-refractivity contribution in [2.75, 3.05) is 0 Å². The first-order valence-electron chi connectivity index (χ1n) is 8.58. The minimum atomic E-state index is -1.58. The number of carboxylic acids is 1. The van der Waals surface area contributed by atoms with Crippen LogP contribution in [-0.2, 0) is 4.79 Å². The van der Waals surface area contributed by atoms with Gasteiger partial charge in [-0.1, -0.05) is 60.7 Å². The fourth-order valence-electron chi connectivity index (χ4n) is 3.78. The summed E-state index contributed by atoms with van der Waals surface area (Å²) in [6, 6.07) is 21.8. The van der Waals surface area contributed by atoms with Gasteiger partial charge in [0, 0.05) is 5.92 Å². The summed E-state index contributed by atoms with van der Waals surface area (Å²) in [7, 11) is 0. The highest BCUT2D eigenvalue weighted by molar-refractivity contribution is 5.89. The van der Waals surface area contributed by atoms with E-state index in [2.05, 4.69) is 6.07 Å². The number of fused-ring (bicyclic) bond motifs is 1. The zero-order valence-corrected chi connectivity index (χ0v) is 15.2. The largest absolute Gasteiger partial charge is 0.480 e. The number of aryl methyl sites for hydroxylation is 2. The van der Waals surface area contributed by atoms with Gasteiger partial charge in [-0.25, -0.2) is 0 Å². The van der Waals surface area contributed by atoms with Crippen LogP contribution in [0.5, 0.6) is 0 Å². The van der Waals surface area contributed by atoms with Crippen molar-refractivity contribution in [2.24, 2.45) is 5.41 Å². The van der Waals surface area contributed by atoms with Crippen LogP contribution in [0.15, 0.2) is 60.7 Å². The van der Waals surface area contributed by atoms with Gasteiger partial charge in [-0.15, -0.1) is 0 Å². The van der Waals surface area contributed by atoms with E-state index in [9.17, 15) is 15.2 Å². The lowest BCUT2D eigenvalue weighted by Gasteiger charge is -2.32. The molecule has 0 saturated heterocycles. The van der Waals surface area contributed by atoms with E-state index in [4.69, 9.17) is 0 Å². The lowest BCUT2D eigenvalue weighted by molar-refractivity contribution is -0.145. The van der Waals surface area contributed by atoms with Crippen LogP contribution in [0.25, 0.3) is 10.8 Å². The molecule has 0 fully saturated rings. The van der Waals surface area contributed by atoms with Gasteiger partial charge in [0.15, 0.2) is 5.41 Å². The van der Waals surface area contributed by atoms with Gasteiger partial charge in [-0.05, 0) is 53.8 Å². The van der Waals surface area contributed by atoms with Crippen molar-refractivity contribution in [3.05, 3.63) is 82.9 Å². The van der Waals surface area contributed by atoms with Crippen LogP contribution in [0, 0.1) is 30.6 Å². The molecule has 1 N–H and O–H groups in total. The molecule has 3 aromatic rings. The molecule has 0 saturated carbocycles. The molecule has 3 nitrogen and oxygen atoms in total. The first kappa shape index (κ1) is 17.7. The van der Waals surface area contributed by atoms with E-state index in [-0.39, 0.29) is 0 Å².